The van der Waals surface area contributed by atoms with Crippen LogP contribution < -0.4 is 5.32 Å². The first-order valence-corrected chi connectivity index (χ1v) is 12.4. The number of benzene rings is 3. The molecule has 0 saturated carbocycles. The maximum Gasteiger partial charge on any atom is 0.257 e. The number of nitrogens with zero attached hydrogens (tertiary/aromatic N) is 2. The summed E-state index contributed by atoms with van der Waals surface area (Å²) < 4.78 is 0. The highest BCUT2D eigenvalue weighted by atomic mass is 35.5. The number of aromatic nitrogens is 1. The van der Waals surface area contributed by atoms with Gasteiger partial charge in [0.2, 0.25) is 0 Å². The number of carbonyl (C=O) groups is 1. The molecule has 35 heavy (non-hydrogen) atoms. The number of pyridine rings is 1. The number of aliphatic hydroxyl groups excluding tert-OH is 1. The Labute approximate surface area is 214 Å². The summed E-state index contributed by atoms with van der Waals surface area (Å²) in [5, 5.41) is 15.7. The fraction of sp³-hybridized carbons (Fsp3) is 0.214. The quantitative estimate of drug-likeness (QED) is 0.328. The Morgan fingerprint density at radius 1 is 1.00 bits per heavy atom. The Morgan fingerprint density at radius 2 is 1.80 bits per heavy atom. The van der Waals surface area contributed by atoms with Gasteiger partial charge in [0, 0.05) is 42.5 Å². The molecule has 0 radical (unpaired) electrons. The van der Waals surface area contributed by atoms with E-state index in [9.17, 15) is 9.90 Å². The highest BCUT2D eigenvalue weighted by molar-refractivity contribution is 6.35. The first kappa shape index (κ1) is 23.8. The van der Waals surface area contributed by atoms with E-state index in [1.807, 2.05) is 48.5 Å². The van der Waals surface area contributed by atoms with Crippen molar-refractivity contribution in [3.63, 3.8) is 0 Å². The zero-order valence-corrected chi connectivity index (χ0v) is 20.6. The number of piperidine rings is 1. The molecule has 3 aromatic carbocycles. The van der Waals surface area contributed by atoms with Crippen molar-refractivity contribution in [1.82, 2.24) is 9.88 Å². The predicted molar refractivity (Wildman–Crippen MR) is 142 cm³/mol. The van der Waals surface area contributed by atoms with Gasteiger partial charge in [0.05, 0.1) is 27.4 Å². The van der Waals surface area contributed by atoms with Gasteiger partial charge in [0.15, 0.2) is 0 Å². The maximum atomic E-state index is 13.0. The highest BCUT2D eigenvalue weighted by Gasteiger charge is 2.18. The molecule has 2 N–H and O–H groups in total. The molecule has 7 heteroatoms. The fourth-order valence-corrected chi connectivity index (χ4v) is 4.99. The molecule has 0 spiro atoms. The number of rotatable bonds is 5. The van der Waals surface area contributed by atoms with Gasteiger partial charge in [-0.1, -0.05) is 53.5 Å². The Hall–Kier alpha value is -2.96. The van der Waals surface area contributed by atoms with Crippen LogP contribution in [0.15, 0.2) is 72.9 Å². The minimum atomic E-state index is -0.290. The van der Waals surface area contributed by atoms with E-state index in [1.165, 1.54) is 0 Å². The van der Waals surface area contributed by atoms with Crippen molar-refractivity contribution < 1.29 is 9.90 Å². The molecule has 0 atom stereocenters. The Morgan fingerprint density at radius 3 is 2.60 bits per heavy atom. The molecular formula is C28H25Cl2N3O2. The molecule has 1 fully saturated rings. The molecule has 0 bridgehead atoms. The smallest absolute Gasteiger partial charge is 0.257 e. The number of hydrogen-bond acceptors (Lipinski definition) is 4. The van der Waals surface area contributed by atoms with Gasteiger partial charge in [-0.25, -0.2) is 0 Å². The number of amides is 1. The van der Waals surface area contributed by atoms with E-state index in [-0.39, 0.29) is 12.0 Å². The van der Waals surface area contributed by atoms with Crippen LogP contribution in [0, 0.1) is 0 Å². The molecule has 1 aromatic heterocycles. The molecule has 1 aliphatic heterocycles. The molecule has 0 unspecified atom stereocenters. The first-order chi connectivity index (χ1) is 17.0. The molecule has 1 aliphatic rings. The number of fused-ring (bicyclic) bond motifs is 1. The molecule has 1 amide bonds. The third-order valence-electron chi connectivity index (χ3n) is 6.39. The summed E-state index contributed by atoms with van der Waals surface area (Å²) in [5.41, 5.74) is 3.56. The summed E-state index contributed by atoms with van der Waals surface area (Å²) >= 11 is 13.0. The van der Waals surface area contributed by atoms with Crippen LogP contribution in [-0.4, -0.2) is 40.1 Å². The van der Waals surface area contributed by atoms with Crippen LogP contribution in [-0.2, 0) is 6.54 Å². The van der Waals surface area contributed by atoms with E-state index in [2.05, 4.69) is 15.2 Å². The molecule has 5 rings (SSSR count). The van der Waals surface area contributed by atoms with Gasteiger partial charge in [-0.2, -0.15) is 0 Å². The van der Waals surface area contributed by atoms with Crippen molar-refractivity contribution >= 4 is 45.6 Å². The van der Waals surface area contributed by atoms with Crippen LogP contribution in [0.25, 0.3) is 22.0 Å². The van der Waals surface area contributed by atoms with Crippen molar-refractivity contribution in [3.8, 4) is 11.3 Å². The average Bonchev–Trinajstić information content (AvgIpc) is 2.86. The van der Waals surface area contributed by atoms with Crippen LogP contribution >= 0.6 is 23.2 Å². The standard InChI is InChI=1S/C28H25Cl2N3O2/c29-25-8-6-20(16-24(25)27-22-4-2-1-3-19(22)9-12-31-27)32-28(35)23-7-5-18(15-26(23)30)17-33-13-10-21(34)11-14-33/h1-9,12,15-16,21,34H,10-11,13-14,17H2,(H,32,35). The molecule has 178 valence electrons. The number of anilines is 1. The van der Waals surface area contributed by atoms with Crippen molar-refractivity contribution in [2.45, 2.75) is 25.5 Å². The fourth-order valence-electron chi connectivity index (χ4n) is 4.49. The SMILES string of the molecule is O=C(Nc1ccc(Cl)c(-c2nccc3ccccc23)c1)c1ccc(CN2CCC(O)CC2)cc1Cl. The van der Waals surface area contributed by atoms with Gasteiger partial charge < -0.3 is 10.4 Å². The normalized spacial score (nSPS) is 14.8. The lowest BCUT2D eigenvalue weighted by Gasteiger charge is -2.29. The summed E-state index contributed by atoms with van der Waals surface area (Å²) in [4.78, 5) is 19.9. The summed E-state index contributed by atoms with van der Waals surface area (Å²) in [6.07, 6.45) is 3.12. The maximum absolute atomic E-state index is 13.0. The van der Waals surface area contributed by atoms with E-state index in [0.717, 1.165) is 60.1 Å². The number of hydrogen-bond donors (Lipinski definition) is 2. The van der Waals surface area contributed by atoms with Crippen molar-refractivity contribution in [3.05, 3.63) is 94.1 Å². The summed E-state index contributed by atoms with van der Waals surface area (Å²) in [6, 6.07) is 20.8. The molecular weight excluding hydrogens is 481 g/mol. The van der Waals surface area contributed by atoms with Crippen LogP contribution in [0.2, 0.25) is 10.0 Å². The average molecular weight is 506 g/mol. The van der Waals surface area contributed by atoms with Gasteiger partial charge in [-0.3, -0.25) is 14.7 Å². The summed E-state index contributed by atoms with van der Waals surface area (Å²) in [7, 11) is 0. The molecule has 2 heterocycles. The molecule has 4 aromatic rings. The van der Waals surface area contributed by atoms with E-state index in [4.69, 9.17) is 23.2 Å². The predicted octanol–water partition coefficient (Wildman–Crippen LogP) is 6.42. The lowest BCUT2D eigenvalue weighted by atomic mass is 10.0. The number of nitrogens with one attached hydrogen (secondary N) is 1. The second-order valence-electron chi connectivity index (χ2n) is 8.85. The van der Waals surface area contributed by atoms with Gasteiger partial charge in [-0.05, 0) is 60.2 Å². The van der Waals surface area contributed by atoms with E-state index >= 15 is 0 Å². The van der Waals surface area contributed by atoms with E-state index in [1.54, 1.807) is 24.4 Å². The lowest BCUT2D eigenvalue weighted by molar-refractivity contribution is 0.0792. The largest absolute Gasteiger partial charge is 0.393 e. The first-order valence-electron chi connectivity index (χ1n) is 11.6. The molecule has 0 aliphatic carbocycles. The third-order valence-corrected chi connectivity index (χ3v) is 7.04. The summed E-state index contributed by atoms with van der Waals surface area (Å²) in [6.45, 7) is 2.45. The second-order valence-corrected chi connectivity index (χ2v) is 9.67. The minimum Gasteiger partial charge on any atom is -0.393 e. The topological polar surface area (TPSA) is 65.5 Å². The van der Waals surface area contributed by atoms with E-state index < -0.39 is 0 Å². The van der Waals surface area contributed by atoms with Gasteiger partial charge in [-0.15, -0.1) is 0 Å². The summed E-state index contributed by atoms with van der Waals surface area (Å²) in [5.74, 6) is -0.290. The third kappa shape index (κ3) is 5.34. The van der Waals surface area contributed by atoms with Gasteiger partial charge in [0.1, 0.15) is 0 Å². The Bertz CT molecular complexity index is 1380. The highest BCUT2D eigenvalue weighted by Crippen LogP contribution is 2.34. The van der Waals surface area contributed by atoms with Crippen molar-refractivity contribution in [2.75, 3.05) is 18.4 Å². The Balaban J connectivity index is 1.35. The number of halogens is 2. The van der Waals surface area contributed by atoms with Crippen molar-refractivity contribution in [1.29, 1.82) is 0 Å². The van der Waals surface area contributed by atoms with Crippen LogP contribution in [0.4, 0.5) is 5.69 Å². The zero-order chi connectivity index (χ0) is 24.4. The monoisotopic (exact) mass is 505 g/mol. The van der Waals surface area contributed by atoms with Gasteiger partial charge >= 0.3 is 0 Å². The molecule has 5 nitrogen and oxygen atoms in total. The van der Waals surface area contributed by atoms with Crippen LogP contribution in [0.3, 0.4) is 0 Å². The van der Waals surface area contributed by atoms with Crippen molar-refractivity contribution in [2.24, 2.45) is 0 Å². The Kier molecular flexibility index (Phi) is 7.02. The zero-order valence-electron chi connectivity index (χ0n) is 19.0. The minimum absolute atomic E-state index is 0.203. The second kappa shape index (κ2) is 10.3. The number of carbonyl (C=O) groups excluding carboxylic acids is 1. The van der Waals surface area contributed by atoms with Gasteiger partial charge in [0.25, 0.3) is 5.91 Å². The number of aliphatic hydroxyl groups is 1. The van der Waals surface area contributed by atoms with Crippen LogP contribution in [0.1, 0.15) is 28.8 Å². The lowest BCUT2D eigenvalue weighted by Crippen LogP contribution is -2.35. The molecule has 1 saturated heterocycles. The number of likely N-dealkylation sites (tertiary alicyclic amines) is 1. The van der Waals surface area contributed by atoms with Crippen LogP contribution in [0.5, 0.6) is 0 Å². The van der Waals surface area contributed by atoms with E-state index in [0.29, 0.717) is 21.3 Å².